The van der Waals surface area contributed by atoms with E-state index < -0.39 is 5.82 Å². The Morgan fingerprint density at radius 3 is 2.70 bits per heavy atom. The number of nitrogens with zero attached hydrogens (tertiary/aromatic N) is 5. The molecule has 7 rings (SSSR count). The molecule has 0 radical (unpaired) electrons. The fourth-order valence-corrected chi connectivity index (χ4v) is 6.56. The number of hydrogen-bond acceptors (Lipinski definition) is 8. The Balaban J connectivity index is 1.02. The molecule has 50 heavy (non-hydrogen) atoms. The smallest absolute Gasteiger partial charge is 0.255 e. The predicted octanol–water partition coefficient (Wildman–Crippen LogP) is 6.94. The van der Waals surface area contributed by atoms with Gasteiger partial charge in [0, 0.05) is 52.3 Å². The summed E-state index contributed by atoms with van der Waals surface area (Å²) in [6.07, 6.45) is 6.20. The van der Waals surface area contributed by atoms with Crippen LogP contribution in [0.25, 0.3) is 16.6 Å². The molecule has 2 aliphatic rings. The van der Waals surface area contributed by atoms with Crippen molar-refractivity contribution in [3.63, 3.8) is 0 Å². The number of likely N-dealkylation sites (tertiary alicyclic amines) is 1. The van der Waals surface area contributed by atoms with Crippen molar-refractivity contribution in [3.8, 4) is 5.88 Å². The summed E-state index contributed by atoms with van der Waals surface area (Å²) >= 11 is 5.88. The number of aromatic nitrogens is 4. The average Bonchev–Trinajstić information content (AvgIpc) is 3.45. The Morgan fingerprint density at radius 2 is 1.94 bits per heavy atom. The molecule has 2 aromatic carbocycles. The third kappa shape index (κ3) is 7.65. The molecule has 5 aromatic rings. The zero-order valence-corrected chi connectivity index (χ0v) is 28.6. The lowest BCUT2D eigenvalue weighted by molar-refractivity contribution is -0.0592. The van der Waals surface area contributed by atoms with Crippen molar-refractivity contribution in [2.24, 2.45) is 5.73 Å². The highest BCUT2D eigenvalue weighted by Gasteiger charge is 2.26. The van der Waals surface area contributed by atoms with Crippen LogP contribution >= 0.6 is 11.6 Å². The molecule has 2 aliphatic heterocycles. The minimum atomic E-state index is -0.396. The molecule has 258 valence electrons. The van der Waals surface area contributed by atoms with Crippen molar-refractivity contribution in [3.05, 3.63) is 118 Å². The SMILES string of the molecule is C/C(=C/N)c1cc(NC(=O)c2ccc3c(c2)nc(CN2CCC(c4cccc(OCc5ccc(Cl)cc5F)n4)CC2)n3CC2CCO2)ccn1. The van der Waals surface area contributed by atoms with Crippen LogP contribution in [0.15, 0.2) is 79.1 Å². The van der Waals surface area contributed by atoms with E-state index in [1.54, 1.807) is 36.5 Å². The number of ether oxygens (including phenoxy) is 2. The van der Waals surface area contributed by atoms with Crippen molar-refractivity contribution in [2.45, 2.75) is 57.9 Å². The first-order chi connectivity index (χ1) is 24.3. The van der Waals surface area contributed by atoms with Crippen molar-refractivity contribution < 1.29 is 18.7 Å². The van der Waals surface area contributed by atoms with Gasteiger partial charge in [0.25, 0.3) is 5.91 Å². The van der Waals surface area contributed by atoms with Crippen LogP contribution in [0.4, 0.5) is 10.1 Å². The normalized spacial score (nSPS) is 17.1. The van der Waals surface area contributed by atoms with E-state index in [0.29, 0.717) is 40.0 Å². The van der Waals surface area contributed by atoms with Crippen LogP contribution in [-0.4, -0.2) is 56.1 Å². The number of nitrogens with two attached hydrogens (primary N) is 1. The number of allylic oxidation sites excluding steroid dienone is 1. The maximum Gasteiger partial charge on any atom is 0.255 e. The molecule has 3 N–H and O–H groups in total. The highest BCUT2D eigenvalue weighted by Crippen LogP contribution is 2.30. The van der Waals surface area contributed by atoms with Gasteiger partial charge in [-0.3, -0.25) is 14.7 Å². The number of hydrogen-bond donors (Lipinski definition) is 2. The first-order valence-electron chi connectivity index (χ1n) is 16.9. The predicted molar refractivity (Wildman–Crippen MR) is 191 cm³/mol. The van der Waals surface area contributed by atoms with E-state index in [0.717, 1.165) is 73.6 Å². The van der Waals surface area contributed by atoms with Crippen molar-refractivity contribution in [2.75, 3.05) is 25.0 Å². The maximum atomic E-state index is 14.2. The standard InChI is InChI=1S/C38H39ClFN7O3/c1-24(20-41)33-19-29(9-13-42-33)43-38(48)26-6-8-35-34(17-26)44-36(47(35)21-30-12-16-49-30)22-46-14-10-25(11-15-46)32-3-2-4-37(45-32)50-23-27-5-7-28(39)18-31(27)40/h2-9,13,17-20,25,30H,10-12,14-16,21-23,41H2,1H3,(H,42,43,48)/b24-20-. The molecule has 0 aliphatic carbocycles. The van der Waals surface area contributed by atoms with Gasteiger partial charge in [0.15, 0.2) is 0 Å². The van der Waals surface area contributed by atoms with Crippen LogP contribution in [0.2, 0.25) is 5.02 Å². The van der Waals surface area contributed by atoms with Crippen LogP contribution in [0.5, 0.6) is 5.88 Å². The van der Waals surface area contributed by atoms with Gasteiger partial charge < -0.3 is 25.1 Å². The van der Waals surface area contributed by atoms with Crippen LogP contribution in [0.3, 0.4) is 0 Å². The maximum absolute atomic E-state index is 14.2. The lowest BCUT2D eigenvalue weighted by Crippen LogP contribution is -2.35. The Morgan fingerprint density at radius 1 is 1.10 bits per heavy atom. The molecule has 1 atom stereocenters. The van der Waals surface area contributed by atoms with Gasteiger partial charge in [-0.25, -0.2) is 14.4 Å². The fraction of sp³-hybridized carbons (Fsp3) is 0.316. The summed E-state index contributed by atoms with van der Waals surface area (Å²) in [5.41, 5.74) is 11.5. The quantitative estimate of drug-likeness (QED) is 0.153. The molecule has 3 aromatic heterocycles. The van der Waals surface area contributed by atoms with Gasteiger partial charge in [0.05, 0.1) is 35.9 Å². The first-order valence-corrected chi connectivity index (χ1v) is 17.2. The minimum Gasteiger partial charge on any atom is -0.473 e. The van der Waals surface area contributed by atoms with Gasteiger partial charge in [-0.2, -0.15) is 0 Å². The van der Waals surface area contributed by atoms with Gasteiger partial charge >= 0.3 is 0 Å². The Bertz CT molecular complexity index is 2040. The number of fused-ring (bicyclic) bond motifs is 1. The lowest BCUT2D eigenvalue weighted by atomic mass is 9.93. The van der Waals surface area contributed by atoms with Gasteiger partial charge in [-0.1, -0.05) is 23.7 Å². The third-order valence-corrected chi connectivity index (χ3v) is 9.68. The number of halogens is 2. The highest BCUT2D eigenvalue weighted by atomic mass is 35.5. The number of pyridine rings is 2. The number of carbonyl (C=O) groups is 1. The zero-order valence-electron chi connectivity index (χ0n) is 27.8. The van der Waals surface area contributed by atoms with Gasteiger partial charge in [0.2, 0.25) is 5.88 Å². The van der Waals surface area contributed by atoms with Crippen LogP contribution in [0, 0.1) is 5.82 Å². The van der Waals surface area contributed by atoms with E-state index in [1.165, 1.54) is 12.3 Å². The Kier molecular flexibility index (Phi) is 10.1. The number of amides is 1. The first kappa shape index (κ1) is 33.6. The summed E-state index contributed by atoms with van der Waals surface area (Å²) in [6.45, 7) is 5.91. The second-order valence-corrected chi connectivity index (χ2v) is 13.3. The number of benzene rings is 2. The van der Waals surface area contributed by atoms with Gasteiger partial charge in [-0.05, 0) is 99.6 Å². The summed E-state index contributed by atoms with van der Waals surface area (Å²) in [7, 11) is 0. The fourth-order valence-electron chi connectivity index (χ4n) is 6.41. The minimum absolute atomic E-state index is 0.0787. The molecule has 12 heteroatoms. The van der Waals surface area contributed by atoms with Crippen LogP contribution in [-0.2, 0) is 24.4 Å². The molecule has 1 unspecified atom stereocenters. The second kappa shape index (κ2) is 15.0. The number of carbonyl (C=O) groups excluding carboxylic acids is 1. The topological polar surface area (TPSA) is 120 Å². The van der Waals surface area contributed by atoms with E-state index in [1.807, 2.05) is 37.3 Å². The van der Waals surface area contributed by atoms with E-state index in [2.05, 4.69) is 19.8 Å². The summed E-state index contributed by atoms with van der Waals surface area (Å²) in [6, 6.07) is 19.6. The largest absolute Gasteiger partial charge is 0.473 e. The van der Waals surface area contributed by atoms with Crippen LogP contribution in [0.1, 0.15) is 65.2 Å². The molecular weight excluding hydrogens is 657 g/mol. The van der Waals surface area contributed by atoms with Gasteiger partial charge in [-0.15, -0.1) is 0 Å². The van der Waals surface area contributed by atoms with Gasteiger partial charge in [0.1, 0.15) is 18.2 Å². The molecule has 2 fully saturated rings. The number of anilines is 1. The molecule has 10 nitrogen and oxygen atoms in total. The lowest BCUT2D eigenvalue weighted by Gasteiger charge is -2.32. The Hall–Kier alpha value is -4.84. The van der Waals surface area contributed by atoms with E-state index in [-0.39, 0.29) is 24.5 Å². The molecular formula is C38H39ClFN7O3. The van der Waals surface area contributed by atoms with Crippen molar-refractivity contribution >= 4 is 39.8 Å². The highest BCUT2D eigenvalue weighted by molar-refractivity contribution is 6.30. The summed E-state index contributed by atoms with van der Waals surface area (Å²) in [5.74, 6) is 1.10. The number of rotatable bonds is 11. The molecule has 0 bridgehead atoms. The Labute approximate surface area is 295 Å². The number of piperidine rings is 1. The van der Waals surface area contributed by atoms with Crippen molar-refractivity contribution in [1.29, 1.82) is 0 Å². The molecule has 5 heterocycles. The summed E-state index contributed by atoms with van der Waals surface area (Å²) in [5, 5.41) is 3.33. The molecule has 0 saturated carbocycles. The second-order valence-electron chi connectivity index (χ2n) is 12.8. The number of imidazole rings is 1. The van der Waals surface area contributed by atoms with E-state index in [4.69, 9.17) is 36.8 Å². The molecule has 1 amide bonds. The van der Waals surface area contributed by atoms with E-state index >= 15 is 0 Å². The third-order valence-electron chi connectivity index (χ3n) is 9.45. The number of nitrogens with one attached hydrogen (secondary N) is 1. The summed E-state index contributed by atoms with van der Waals surface area (Å²) in [4.78, 5) is 29.8. The molecule has 0 spiro atoms. The average molecular weight is 696 g/mol. The monoisotopic (exact) mass is 695 g/mol. The summed E-state index contributed by atoms with van der Waals surface area (Å²) < 4.78 is 28.1. The molecule has 2 saturated heterocycles. The van der Waals surface area contributed by atoms with E-state index in [9.17, 15) is 9.18 Å². The van der Waals surface area contributed by atoms with Crippen LogP contribution < -0.4 is 15.8 Å². The zero-order chi connectivity index (χ0) is 34.6. The van der Waals surface area contributed by atoms with Crippen molar-refractivity contribution in [1.82, 2.24) is 24.4 Å².